The lowest BCUT2D eigenvalue weighted by molar-refractivity contribution is 0.102. The maximum absolute atomic E-state index is 6.06. The second-order valence-corrected chi connectivity index (χ2v) is 7.06. The van der Waals surface area contributed by atoms with Crippen LogP contribution in [0.3, 0.4) is 0 Å². The standard InChI is InChI=1S/C18H30N4.HI/c1-14-10-15(2)12-16(11-14)21-17(19)20-13-18(3,4)22-8-6-5-7-9-22;/h10-12H,5-9,13H2,1-4H3,(H3,19,20,21);1H. The fraction of sp³-hybridized carbons (Fsp3) is 0.611. The van der Waals surface area contributed by atoms with Crippen molar-refractivity contribution in [3.63, 3.8) is 0 Å². The molecule has 0 unspecified atom stereocenters. The first kappa shape index (κ1) is 20.2. The normalized spacial score (nSPS) is 16.8. The van der Waals surface area contributed by atoms with E-state index < -0.39 is 0 Å². The molecule has 0 amide bonds. The fourth-order valence-electron chi connectivity index (χ4n) is 3.11. The predicted octanol–water partition coefficient (Wildman–Crippen LogP) is 3.91. The molecule has 4 nitrogen and oxygen atoms in total. The van der Waals surface area contributed by atoms with E-state index in [0.29, 0.717) is 5.96 Å². The van der Waals surface area contributed by atoms with Crippen LogP contribution in [0.15, 0.2) is 23.2 Å². The van der Waals surface area contributed by atoms with Crippen molar-refractivity contribution in [1.29, 1.82) is 0 Å². The van der Waals surface area contributed by atoms with E-state index >= 15 is 0 Å². The van der Waals surface area contributed by atoms with Crippen molar-refractivity contribution < 1.29 is 0 Å². The van der Waals surface area contributed by atoms with Crippen molar-refractivity contribution in [2.24, 2.45) is 10.7 Å². The van der Waals surface area contributed by atoms with Gasteiger partial charge in [-0.3, -0.25) is 9.89 Å². The molecular formula is C18H31IN4. The minimum Gasteiger partial charge on any atom is -0.370 e. The Labute approximate surface area is 157 Å². The Morgan fingerprint density at radius 1 is 1.13 bits per heavy atom. The van der Waals surface area contributed by atoms with Gasteiger partial charge in [-0.2, -0.15) is 0 Å². The van der Waals surface area contributed by atoms with E-state index in [1.807, 2.05) is 0 Å². The summed E-state index contributed by atoms with van der Waals surface area (Å²) in [5.74, 6) is 0.495. The van der Waals surface area contributed by atoms with Crippen LogP contribution in [0.5, 0.6) is 0 Å². The van der Waals surface area contributed by atoms with Gasteiger partial charge in [-0.05, 0) is 76.9 Å². The first-order chi connectivity index (χ1) is 10.4. The first-order valence-corrected chi connectivity index (χ1v) is 8.27. The van der Waals surface area contributed by atoms with Crippen LogP contribution in [0, 0.1) is 13.8 Å². The molecule has 0 radical (unpaired) electrons. The van der Waals surface area contributed by atoms with E-state index in [-0.39, 0.29) is 29.5 Å². The molecule has 1 saturated heterocycles. The van der Waals surface area contributed by atoms with Crippen molar-refractivity contribution in [3.05, 3.63) is 29.3 Å². The van der Waals surface area contributed by atoms with Gasteiger partial charge in [0.2, 0.25) is 0 Å². The first-order valence-electron chi connectivity index (χ1n) is 8.27. The SMILES string of the molecule is Cc1cc(C)cc(NC(N)=NCC(C)(C)N2CCCCC2)c1.I. The number of aliphatic imine (C=N–C) groups is 1. The lowest BCUT2D eigenvalue weighted by Gasteiger charge is -2.40. The number of likely N-dealkylation sites (tertiary alicyclic amines) is 1. The van der Waals surface area contributed by atoms with Gasteiger partial charge in [-0.25, -0.2) is 0 Å². The summed E-state index contributed by atoms with van der Waals surface area (Å²) in [6, 6.07) is 6.33. The highest BCUT2D eigenvalue weighted by atomic mass is 127. The van der Waals surface area contributed by atoms with E-state index in [0.717, 1.165) is 12.2 Å². The molecule has 130 valence electrons. The van der Waals surface area contributed by atoms with Crippen molar-refractivity contribution in [2.75, 3.05) is 25.0 Å². The van der Waals surface area contributed by atoms with Crippen molar-refractivity contribution in [3.8, 4) is 0 Å². The molecule has 1 aromatic rings. The Morgan fingerprint density at radius 2 is 1.70 bits per heavy atom. The Kier molecular flexibility index (Phi) is 7.80. The molecule has 3 N–H and O–H groups in total. The highest BCUT2D eigenvalue weighted by Gasteiger charge is 2.27. The highest BCUT2D eigenvalue weighted by molar-refractivity contribution is 14.0. The molecule has 0 aromatic heterocycles. The summed E-state index contributed by atoms with van der Waals surface area (Å²) in [6.07, 6.45) is 3.94. The molecule has 5 heteroatoms. The summed E-state index contributed by atoms with van der Waals surface area (Å²) in [5.41, 5.74) is 9.59. The van der Waals surface area contributed by atoms with E-state index in [1.165, 1.54) is 43.5 Å². The van der Waals surface area contributed by atoms with Crippen LogP contribution in [-0.2, 0) is 0 Å². The summed E-state index contributed by atoms with van der Waals surface area (Å²) in [6.45, 7) is 11.8. The lowest BCUT2D eigenvalue weighted by Crippen LogP contribution is -2.49. The Balaban J connectivity index is 0.00000264. The third kappa shape index (κ3) is 6.30. The number of nitrogens with zero attached hydrogens (tertiary/aromatic N) is 2. The molecule has 0 spiro atoms. The van der Waals surface area contributed by atoms with Crippen LogP contribution in [0.25, 0.3) is 0 Å². The van der Waals surface area contributed by atoms with Gasteiger partial charge in [0, 0.05) is 11.2 Å². The molecular weight excluding hydrogens is 399 g/mol. The predicted molar refractivity (Wildman–Crippen MR) is 111 cm³/mol. The summed E-state index contributed by atoms with van der Waals surface area (Å²) in [5, 5.41) is 3.21. The minimum atomic E-state index is 0. The Bertz CT molecular complexity index is 514. The molecule has 1 aliphatic rings. The Morgan fingerprint density at radius 3 is 2.26 bits per heavy atom. The average Bonchev–Trinajstić information content (AvgIpc) is 2.45. The molecule has 2 rings (SSSR count). The van der Waals surface area contributed by atoms with Gasteiger partial charge in [0.05, 0.1) is 6.54 Å². The summed E-state index contributed by atoms with van der Waals surface area (Å²) in [7, 11) is 0. The zero-order valence-electron chi connectivity index (χ0n) is 14.9. The summed E-state index contributed by atoms with van der Waals surface area (Å²) >= 11 is 0. The van der Waals surface area contributed by atoms with E-state index in [2.05, 4.69) is 61.1 Å². The molecule has 0 atom stereocenters. The smallest absolute Gasteiger partial charge is 0.193 e. The van der Waals surface area contributed by atoms with Crippen LogP contribution in [0.4, 0.5) is 5.69 Å². The van der Waals surface area contributed by atoms with Crippen molar-refractivity contribution in [2.45, 2.75) is 52.5 Å². The van der Waals surface area contributed by atoms with Gasteiger partial charge in [0.25, 0.3) is 0 Å². The monoisotopic (exact) mass is 430 g/mol. The maximum Gasteiger partial charge on any atom is 0.193 e. The van der Waals surface area contributed by atoms with Crippen LogP contribution in [0.1, 0.15) is 44.2 Å². The number of aryl methyl sites for hydroxylation is 2. The molecule has 23 heavy (non-hydrogen) atoms. The van der Waals surface area contributed by atoms with E-state index in [9.17, 15) is 0 Å². The van der Waals surface area contributed by atoms with Gasteiger partial charge in [0.15, 0.2) is 5.96 Å². The number of guanidine groups is 1. The third-order valence-electron chi connectivity index (χ3n) is 4.34. The molecule has 1 aliphatic heterocycles. The number of piperidine rings is 1. The molecule has 1 heterocycles. The van der Waals surface area contributed by atoms with Gasteiger partial charge in [0.1, 0.15) is 0 Å². The lowest BCUT2D eigenvalue weighted by atomic mass is 9.99. The summed E-state index contributed by atoms with van der Waals surface area (Å²) < 4.78 is 0. The van der Waals surface area contributed by atoms with Crippen LogP contribution in [0.2, 0.25) is 0 Å². The zero-order valence-corrected chi connectivity index (χ0v) is 17.2. The highest BCUT2D eigenvalue weighted by Crippen LogP contribution is 2.21. The number of hydrogen-bond acceptors (Lipinski definition) is 2. The minimum absolute atomic E-state index is 0. The van der Waals surface area contributed by atoms with Gasteiger partial charge in [-0.1, -0.05) is 12.5 Å². The van der Waals surface area contributed by atoms with E-state index in [4.69, 9.17) is 5.73 Å². The number of nitrogens with one attached hydrogen (secondary N) is 1. The topological polar surface area (TPSA) is 53.6 Å². The van der Waals surface area contributed by atoms with Crippen LogP contribution >= 0.6 is 24.0 Å². The number of anilines is 1. The van der Waals surface area contributed by atoms with Gasteiger partial charge in [-0.15, -0.1) is 24.0 Å². The molecule has 1 fully saturated rings. The maximum atomic E-state index is 6.06. The second-order valence-electron chi connectivity index (χ2n) is 7.06. The summed E-state index contributed by atoms with van der Waals surface area (Å²) in [4.78, 5) is 7.10. The number of halogens is 1. The molecule has 0 saturated carbocycles. The molecule has 0 bridgehead atoms. The number of hydrogen-bond donors (Lipinski definition) is 2. The van der Waals surface area contributed by atoms with Gasteiger partial charge >= 0.3 is 0 Å². The van der Waals surface area contributed by atoms with Crippen LogP contribution in [-0.4, -0.2) is 36.0 Å². The zero-order chi connectivity index (χ0) is 16.2. The fourth-order valence-corrected chi connectivity index (χ4v) is 3.11. The number of rotatable bonds is 4. The third-order valence-corrected chi connectivity index (χ3v) is 4.34. The quantitative estimate of drug-likeness (QED) is 0.433. The van der Waals surface area contributed by atoms with Gasteiger partial charge < -0.3 is 11.1 Å². The molecule has 1 aromatic carbocycles. The van der Waals surface area contributed by atoms with Crippen molar-refractivity contribution >= 4 is 35.6 Å². The average molecular weight is 430 g/mol. The van der Waals surface area contributed by atoms with E-state index in [1.54, 1.807) is 0 Å². The number of nitrogens with two attached hydrogens (primary N) is 1. The largest absolute Gasteiger partial charge is 0.370 e. The number of benzene rings is 1. The van der Waals surface area contributed by atoms with Crippen LogP contribution < -0.4 is 11.1 Å². The Hall–Kier alpha value is -0.820. The second kappa shape index (κ2) is 8.87. The van der Waals surface area contributed by atoms with Crippen molar-refractivity contribution in [1.82, 2.24) is 4.90 Å². The molecule has 0 aliphatic carbocycles.